The Balaban J connectivity index is 4.68. The van der Waals surface area contributed by atoms with Crippen LogP contribution in [0.25, 0.3) is 0 Å². The molecule has 0 saturated heterocycles. The summed E-state index contributed by atoms with van der Waals surface area (Å²) in [6.07, 6.45) is -0.285. The third-order valence-corrected chi connectivity index (χ3v) is 1.70. The molecule has 4 nitrogen and oxygen atoms in total. The number of carbonyl (C=O) groups is 2. The van der Waals surface area contributed by atoms with Crippen LogP contribution in [0.5, 0.6) is 0 Å². The van der Waals surface area contributed by atoms with Gasteiger partial charge in [-0.15, -0.1) is 0 Å². The molecule has 0 aliphatic carbocycles. The lowest BCUT2D eigenvalue weighted by Crippen LogP contribution is -2.37. The fraction of sp³-hybridized carbons (Fsp3) is 0.800. The van der Waals surface area contributed by atoms with Crippen molar-refractivity contribution < 1.29 is 19.4 Å². The van der Waals surface area contributed by atoms with Gasteiger partial charge in [-0.25, -0.2) is 0 Å². The van der Waals surface area contributed by atoms with Gasteiger partial charge in [0.1, 0.15) is 0 Å². The molecule has 1 unspecified atom stereocenters. The van der Waals surface area contributed by atoms with Crippen molar-refractivity contribution in [2.75, 3.05) is 0 Å². The van der Waals surface area contributed by atoms with Crippen LogP contribution in [0.4, 0.5) is 0 Å². The number of esters is 1. The molecule has 0 radical (unpaired) electrons. The monoisotopic (exact) mass is 202 g/mol. The second kappa shape index (κ2) is 4.44. The molecule has 0 amide bonds. The van der Waals surface area contributed by atoms with Crippen molar-refractivity contribution in [2.45, 2.75) is 40.7 Å². The van der Waals surface area contributed by atoms with Crippen LogP contribution < -0.4 is 0 Å². The first-order chi connectivity index (χ1) is 6.16. The van der Waals surface area contributed by atoms with E-state index in [1.54, 1.807) is 34.6 Å². The predicted octanol–water partition coefficient (Wildman–Crippen LogP) is 1.68. The number of ether oxygens (including phenoxy) is 1. The summed E-state index contributed by atoms with van der Waals surface area (Å²) in [6, 6.07) is 0. The lowest BCUT2D eigenvalue weighted by molar-refractivity contribution is -0.166. The number of carboxylic acids is 1. The molecule has 0 fully saturated rings. The van der Waals surface area contributed by atoms with Gasteiger partial charge in [0.2, 0.25) is 0 Å². The van der Waals surface area contributed by atoms with Gasteiger partial charge in [-0.2, -0.15) is 0 Å². The molecule has 0 rings (SSSR count). The maximum Gasteiger partial charge on any atom is 0.321 e. The zero-order valence-electron chi connectivity index (χ0n) is 9.33. The lowest BCUT2D eigenvalue weighted by atomic mass is 9.81. The molecule has 14 heavy (non-hydrogen) atoms. The number of hydrogen-bond acceptors (Lipinski definition) is 3. The van der Waals surface area contributed by atoms with Crippen molar-refractivity contribution in [3.63, 3.8) is 0 Å². The molecule has 0 aromatic carbocycles. The van der Waals surface area contributed by atoms with Gasteiger partial charge in [0.15, 0.2) is 5.92 Å². The number of rotatable bonds is 3. The van der Waals surface area contributed by atoms with Gasteiger partial charge in [-0.1, -0.05) is 20.8 Å². The molecule has 0 saturated carbocycles. The Bertz CT molecular complexity index is 225. The zero-order valence-corrected chi connectivity index (χ0v) is 9.33. The van der Waals surface area contributed by atoms with Gasteiger partial charge in [0.25, 0.3) is 0 Å². The molecule has 82 valence electrons. The smallest absolute Gasteiger partial charge is 0.321 e. The average Bonchev–Trinajstić information content (AvgIpc) is 1.78. The number of hydrogen-bond donors (Lipinski definition) is 1. The summed E-state index contributed by atoms with van der Waals surface area (Å²) in [4.78, 5) is 22.3. The molecule has 0 bridgehead atoms. The Hall–Kier alpha value is -1.06. The van der Waals surface area contributed by atoms with Crippen LogP contribution >= 0.6 is 0 Å². The summed E-state index contributed by atoms with van der Waals surface area (Å²) in [5, 5.41) is 8.89. The molecule has 0 aromatic heterocycles. The van der Waals surface area contributed by atoms with Crippen molar-refractivity contribution in [1.29, 1.82) is 0 Å². The van der Waals surface area contributed by atoms with E-state index < -0.39 is 23.3 Å². The molecule has 0 heterocycles. The minimum Gasteiger partial charge on any atom is -0.481 e. The summed E-state index contributed by atoms with van der Waals surface area (Å²) in [7, 11) is 0. The summed E-state index contributed by atoms with van der Waals surface area (Å²) in [6.45, 7) is 8.49. The Morgan fingerprint density at radius 1 is 1.21 bits per heavy atom. The van der Waals surface area contributed by atoms with Gasteiger partial charge in [0.05, 0.1) is 6.10 Å². The first kappa shape index (κ1) is 12.9. The van der Waals surface area contributed by atoms with Crippen LogP contribution in [-0.2, 0) is 14.3 Å². The van der Waals surface area contributed by atoms with Crippen molar-refractivity contribution in [3.05, 3.63) is 0 Å². The first-order valence-electron chi connectivity index (χ1n) is 4.59. The van der Waals surface area contributed by atoms with Crippen LogP contribution in [-0.4, -0.2) is 23.1 Å². The second-order valence-corrected chi connectivity index (χ2v) is 4.62. The van der Waals surface area contributed by atoms with Crippen LogP contribution in [0.2, 0.25) is 0 Å². The van der Waals surface area contributed by atoms with E-state index in [2.05, 4.69) is 0 Å². The van der Waals surface area contributed by atoms with Crippen molar-refractivity contribution in [3.8, 4) is 0 Å². The SMILES string of the molecule is CC(C)OC(=O)C(C(=O)O)C(C)(C)C. The highest BCUT2D eigenvalue weighted by Crippen LogP contribution is 2.27. The highest BCUT2D eigenvalue weighted by Gasteiger charge is 2.39. The summed E-state index contributed by atoms with van der Waals surface area (Å²) in [5.41, 5.74) is -0.627. The molecule has 1 N–H and O–H groups in total. The minimum atomic E-state index is -1.14. The Labute approximate surface area is 84.3 Å². The van der Waals surface area contributed by atoms with Gasteiger partial charge in [-0.3, -0.25) is 9.59 Å². The van der Waals surface area contributed by atoms with E-state index in [-0.39, 0.29) is 6.10 Å². The van der Waals surface area contributed by atoms with Crippen molar-refractivity contribution >= 4 is 11.9 Å². The molecule has 4 heteroatoms. The topological polar surface area (TPSA) is 63.6 Å². The maximum absolute atomic E-state index is 11.4. The fourth-order valence-electron chi connectivity index (χ4n) is 1.13. The van der Waals surface area contributed by atoms with E-state index in [1.165, 1.54) is 0 Å². The van der Waals surface area contributed by atoms with Gasteiger partial charge in [0, 0.05) is 0 Å². The Kier molecular flexibility index (Phi) is 4.10. The Morgan fingerprint density at radius 3 is 1.86 bits per heavy atom. The molecular weight excluding hydrogens is 184 g/mol. The van der Waals surface area contributed by atoms with Crippen molar-refractivity contribution in [2.24, 2.45) is 11.3 Å². The van der Waals surface area contributed by atoms with E-state index in [0.29, 0.717) is 0 Å². The summed E-state index contributed by atoms with van der Waals surface area (Å²) >= 11 is 0. The van der Waals surface area contributed by atoms with Crippen LogP contribution in [0.15, 0.2) is 0 Å². The predicted molar refractivity (Wildman–Crippen MR) is 51.8 cm³/mol. The third kappa shape index (κ3) is 3.77. The second-order valence-electron chi connectivity index (χ2n) is 4.62. The first-order valence-corrected chi connectivity index (χ1v) is 4.59. The van der Waals surface area contributed by atoms with Crippen LogP contribution in [0.1, 0.15) is 34.6 Å². The normalized spacial score (nSPS) is 13.9. The number of aliphatic carboxylic acids is 1. The fourth-order valence-corrected chi connectivity index (χ4v) is 1.13. The molecular formula is C10H18O4. The molecule has 1 atom stereocenters. The van der Waals surface area contributed by atoms with E-state index in [1.807, 2.05) is 0 Å². The maximum atomic E-state index is 11.4. The van der Waals surface area contributed by atoms with Gasteiger partial charge >= 0.3 is 11.9 Å². The van der Waals surface area contributed by atoms with Crippen molar-refractivity contribution in [1.82, 2.24) is 0 Å². The van der Waals surface area contributed by atoms with E-state index >= 15 is 0 Å². The third-order valence-electron chi connectivity index (χ3n) is 1.70. The number of carbonyl (C=O) groups excluding carboxylic acids is 1. The molecule has 0 aliphatic heterocycles. The van der Waals surface area contributed by atoms with Crippen LogP contribution in [0, 0.1) is 11.3 Å². The molecule has 0 spiro atoms. The standard InChI is InChI=1S/C10H18O4/c1-6(2)14-9(13)7(8(11)12)10(3,4)5/h6-7H,1-5H3,(H,11,12). The average molecular weight is 202 g/mol. The zero-order chi connectivity index (χ0) is 11.5. The highest BCUT2D eigenvalue weighted by molar-refractivity contribution is 5.94. The Morgan fingerprint density at radius 2 is 1.64 bits per heavy atom. The minimum absolute atomic E-state index is 0.285. The molecule has 0 aliphatic rings. The molecule has 0 aromatic rings. The lowest BCUT2D eigenvalue weighted by Gasteiger charge is -2.25. The largest absolute Gasteiger partial charge is 0.481 e. The van der Waals surface area contributed by atoms with Gasteiger partial charge in [-0.05, 0) is 19.3 Å². The van der Waals surface area contributed by atoms with Gasteiger partial charge < -0.3 is 9.84 Å². The summed E-state index contributed by atoms with van der Waals surface area (Å²) < 4.78 is 4.88. The van der Waals surface area contributed by atoms with E-state index in [4.69, 9.17) is 9.84 Å². The number of carboxylic acid groups (broad SMARTS) is 1. The van der Waals surface area contributed by atoms with E-state index in [0.717, 1.165) is 0 Å². The highest BCUT2D eigenvalue weighted by atomic mass is 16.5. The quantitative estimate of drug-likeness (QED) is 0.558. The summed E-state index contributed by atoms with van der Waals surface area (Å²) in [5.74, 6) is -2.91. The van der Waals surface area contributed by atoms with Crippen LogP contribution in [0.3, 0.4) is 0 Å². The van der Waals surface area contributed by atoms with E-state index in [9.17, 15) is 9.59 Å².